The van der Waals surface area contributed by atoms with Crippen LogP contribution in [0, 0.1) is 0 Å². The van der Waals surface area contributed by atoms with Crippen LogP contribution in [0.1, 0.15) is 19.3 Å². The molecule has 1 heterocycles. The highest BCUT2D eigenvalue weighted by Gasteiger charge is 2.06. The fraction of sp³-hybridized carbons (Fsp3) is 0.429. The van der Waals surface area contributed by atoms with E-state index in [0.29, 0.717) is 19.4 Å². The van der Waals surface area contributed by atoms with Crippen molar-refractivity contribution in [3.63, 3.8) is 0 Å². The molecule has 0 saturated heterocycles. The molecule has 0 saturated carbocycles. The Hall–Kier alpha value is -2.64. The number of anilines is 1. The van der Waals surface area contributed by atoms with E-state index in [1.165, 1.54) is 0 Å². The fourth-order valence-electron chi connectivity index (χ4n) is 1.57. The van der Waals surface area contributed by atoms with E-state index in [4.69, 9.17) is 5.11 Å². The van der Waals surface area contributed by atoms with Crippen molar-refractivity contribution in [2.24, 2.45) is 0 Å². The summed E-state index contributed by atoms with van der Waals surface area (Å²) in [4.78, 5) is 37.2. The van der Waals surface area contributed by atoms with Crippen molar-refractivity contribution in [3.8, 4) is 0 Å². The SMILES string of the molecule is O=C(O)CCNC(=O)CNC(=O)CCCNc1ccccn1. The van der Waals surface area contributed by atoms with Crippen molar-refractivity contribution in [1.82, 2.24) is 15.6 Å². The number of pyridine rings is 1. The van der Waals surface area contributed by atoms with E-state index < -0.39 is 11.9 Å². The lowest BCUT2D eigenvalue weighted by Gasteiger charge is -2.07. The number of rotatable bonds is 10. The molecule has 0 fully saturated rings. The first-order chi connectivity index (χ1) is 10.6. The topological polar surface area (TPSA) is 120 Å². The van der Waals surface area contributed by atoms with Gasteiger partial charge in [-0.3, -0.25) is 14.4 Å². The van der Waals surface area contributed by atoms with E-state index in [9.17, 15) is 14.4 Å². The molecular formula is C14H20N4O4. The van der Waals surface area contributed by atoms with Crippen LogP contribution in [-0.4, -0.2) is 47.5 Å². The van der Waals surface area contributed by atoms with Crippen LogP contribution >= 0.6 is 0 Å². The summed E-state index contributed by atoms with van der Waals surface area (Å²) in [5, 5.41) is 16.4. The molecule has 0 unspecified atom stereocenters. The Labute approximate surface area is 128 Å². The van der Waals surface area contributed by atoms with Gasteiger partial charge in [0.15, 0.2) is 0 Å². The summed E-state index contributed by atoms with van der Waals surface area (Å²) in [6.07, 6.45) is 2.45. The second kappa shape index (κ2) is 10.1. The number of aromatic nitrogens is 1. The van der Waals surface area contributed by atoms with Crippen LogP contribution < -0.4 is 16.0 Å². The minimum absolute atomic E-state index is 0.0536. The predicted octanol–water partition coefficient (Wildman–Crippen LogP) is -0.0192. The first kappa shape index (κ1) is 17.4. The maximum atomic E-state index is 11.5. The van der Waals surface area contributed by atoms with Crippen LogP contribution in [0.2, 0.25) is 0 Å². The van der Waals surface area contributed by atoms with Crippen molar-refractivity contribution >= 4 is 23.6 Å². The standard InChI is InChI=1S/C14H20N4O4/c19-12(18-10-13(20)17-9-6-14(21)22)5-3-8-16-11-4-1-2-7-15-11/h1-2,4,7H,3,5-6,8-10H2,(H,15,16)(H,17,20)(H,18,19)(H,21,22). The first-order valence-corrected chi connectivity index (χ1v) is 6.98. The number of carboxylic acids is 1. The summed E-state index contributed by atoms with van der Waals surface area (Å²) in [6, 6.07) is 5.52. The number of carboxylic acid groups (broad SMARTS) is 1. The molecule has 1 aromatic heterocycles. The minimum atomic E-state index is -0.982. The lowest BCUT2D eigenvalue weighted by atomic mass is 10.3. The molecule has 120 valence electrons. The highest BCUT2D eigenvalue weighted by molar-refractivity contribution is 5.84. The fourth-order valence-corrected chi connectivity index (χ4v) is 1.57. The van der Waals surface area contributed by atoms with E-state index in [1.54, 1.807) is 6.20 Å². The highest BCUT2D eigenvalue weighted by Crippen LogP contribution is 2.00. The van der Waals surface area contributed by atoms with Gasteiger partial charge < -0.3 is 21.1 Å². The van der Waals surface area contributed by atoms with Crippen molar-refractivity contribution < 1.29 is 19.5 Å². The number of hydrogen-bond acceptors (Lipinski definition) is 5. The summed E-state index contributed by atoms with van der Waals surface area (Å²) >= 11 is 0. The van der Waals surface area contributed by atoms with Gasteiger partial charge in [0.25, 0.3) is 0 Å². The van der Waals surface area contributed by atoms with E-state index >= 15 is 0 Å². The molecule has 0 bridgehead atoms. The third kappa shape index (κ3) is 8.51. The molecule has 0 aliphatic carbocycles. The average molecular weight is 308 g/mol. The van der Waals surface area contributed by atoms with E-state index in [-0.39, 0.29) is 25.4 Å². The van der Waals surface area contributed by atoms with Crippen molar-refractivity contribution in [1.29, 1.82) is 0 Å². The van der Waals surface area contributed by atoms with Gasteiger partial charge in [0, 0.05) is 25.7 Å². The Morgan fingerprint density at radius 2 is 1.86 bits per heavy atom. The lowest BCUT2D eigenvalue weighted by Crippen LogP contribution is -2.37. The number of nitrogens with zero attached hydrogens (tertiary/aromatic N) is 1. The molecule has 0 aliphatic rings. The van der Waals surface area contributed by atoms with Crippen LogP contribution in [0.25, 0.3) is 0 Å². The zero-order valence-corrected chi connectivity index (χ0v) is 12.2. The van der Waals surface area contributed by atoms with Crippen molar-refractivity contribution in [2.75, 3.05) is 25.0 Å². The Bertz CT molecular complexity index is 493. The quantitative estimate of drug-likeness (QED) is 0.451. The lowest BCUT2D eigenvalue weighted by molar-refractivity contribution is -0.137. The van der Waals surface area contributed by atoms with E-state index in [1.807, 2.05) is 18.2 Å². The molecule has 0 atom stereocenters. The predicted molar refractivity (Wildman–Crippen MR) is 80.2 cm³/mol. The number of hydrogen-bond donors (Lipinski definition) is 4. The monoisotopic (exact) mass is 308 g/mol. The number of carbonyl (C=O) groups excluding carboxylic acids is 2. The molecular weight excluding hydrogens is 288 g/mol. The van der Waals surface area contributed by atoms with Gasteiger partial charge in [-0.2, -0.15) is 0 Å². The van der Waals surface area contributed by atoms with Gasteiger partial charge in [-0.05, 0) is 18.6 Å². The Morgan fingerprint density at radius 3 is 2.55 bits per heavy atom. The van der Waals surface area contributed by atoms with Gasteiger partial charge in [0.2, 0.25) is 11.8 Å². The van der Waals surface area contributed by atoms with Crippen molar-refractivity contribution in [3.05, 3.63) is 24.4 Å². The molecule has 2 amide bonds. The van der Waals surface area contributed by atoms with Crippen molar-refractivity contribution in [2.45, 2.75) is 19.3 Å². The zero-order valence-electron chi connectivity index (χ0n) is 12.2. The second-order valence-electron chi connectivity index (χ2n) is 4.52. The molecule has 8 heteroatoms. The maximum Gasteiger partial charge on any atom is 0.305 e. The number of carbonyl (C=O) groups is 3. The molecule has 0 aromatic carbocycles. The second-order valence-corrected chi connectivity index (χ2v) is 4.52. The molecule has 8 nitrogen and oxygen atoms in total. The summed E-state index contributed by atoms with van der Waals surface area (Å²) in [5.74, 6) is -0.858. The Balaban J connectivity index is 2.03. The third-order valence-corrected chi connectivity index (χ3v) is 2.66. The highest BCUT2D eigenvalue weighted by atomic mass is 16.4. The molecule has 0 spiro atoms. The normalized spacial score (nSPS) is 9.82. The molecule has 1 rings (SSSR count). The van der Waals surface area contributed by atoms with Gasteiger partial charge in [-0.25, -0.2) is 4.98 Å². The summed E-state index contributed by atoms with van der Waals surface area (Å²) in [5.41, 5.74) is 0. The van der Waals surface area contributed by atoms with Crippen LogP contribution in [0.5, 0.6) is 0 Å². The zero-order chi connectivity index (χ0) is 16.2. The Kier molecular flexibility index (Phi) is 8.02. The van der Waals surface area contributed by atoms with Gasteiger partial charge in [0.1, 0.15) is 5.82 Å². The van der Waals surface area contributed by atoms with Gasteiger partial charge in [-0.1, -0.05) is 6.07 Å². The molecule has 22 heavy (non-hydrogen) atoms. The van der Waals surface area contributed by atoms with Gasteiger partial charge in [-0.15, -0.1) is 0 Å². The number of aliphatic carboxylic acids is 1. The van der Waals surface area contributed by atoms with Crippen LogP contribution in [0.3, 0.4) is 0 Å². The van der Waals surface area contributed by atoms with Gasteiger partial charge >= 0.3 is 5.97 Å². The van der Waals surface area contributed by atoms with Crippen LogP contribution in [0.4, 0.5) is 5.82 Å². The van der Waals surface area contributed by atoms with Crippen LogP contribution in [-0.2, 0) is 14.4 Å². The smallest absolute Gasteiger partial charge is 0.305 e. The average Bonchev–Trinajstić information content (AvgIpc) is 2.50. The van der Waals surface area contributed by atoms with E-state index in [0.717, 1.165) is 5.82 Å². The molecule has 0 radical (unpaired) electrons. The summed E-state index contributed by atoms with van der Waals surface area (Å²) in [6.45, 7) is 0.513. The van der Waals surface area contributed by atoms with Crippen LogP contribution in [0.15, 0.2) is 24.4 Å². The summed E-state index contributed by atoms with van der Waals surface area (Å²) < 4.78 is 0. The first-order valence-electron chi connectivity index (χ1n) is 6.98. The van der Waals surface area contributed by atoms with E-state index in [2.05, 4.69) is 20.9 Å². The Morgan fingerprint density at radius 1 is 1.05 bits per heavy atom. The maximum absolute atomic E-state index is 11.5. The van der Waals surface area contributed by atoms with Gasteiger partial charge in [0.05, 0.1) is 13.0 Å². The largest absolute Gasteiger partial charge is 0.481 e. The molecule has 0 aliphatic heterocycles. The number of nitrogens with one attached hydrogen (secondary N) is 3. The molecule has 4 N–H and O–H groups in total. The summed E-state index contributed by atoms with van der Waals surface area (Å²) in [7, 11) is 0. The molecule has 1 aromatic rings. The minimum Gasteiger partial charge on any atom is -0.481 e. The number of amides is 2. The third-order valence-electron chi connectivity index (χ3n) is 2.66.